The summed E-state index contributed by atoms with van der Waals surface area (Å²) in [6.45, 7) is 2.32. The van der Waals surface area contributed by atoms with Crippen molar-refractivity contribution in [2.24, 2.45) is 0 Å². The summed E-state index contributed by atoms with van der Waals surface area (Å²) in [5.41, 5.74) is 2.06. The number of hydrogen-bond acceptors (Lipinski definition) is 7. The smallest absolute Gasteiger partial charge is 0.290 e. The Bertz CT molecular complexity index is 1110. The molecule has 122 valence electrons. The Hall–Kier alpha value is -2.71. The van der Waals surface area contributed by atoms with Gasteiger partial charge in [0.1, 0.15) is 9.53 Å². The normalized spacial score (nSPS) is 11.6. The van der Waals surface area contributed by atoms with E-state index in [0.29, 0.717) is 22.6 Å². The number of furan rings is 1. The summed E-state index contributed by atoms with van der Waals surface area (Å²) in [4.78, 5) is 22.6. The van der Waals surface area contributed by atoms with Crippen molar-refractivity contribution in [3.8, 4) is 11.6 Å². The Morgan fingerprint density at radius 2 is 2.25 bits per heavy atom. The second-order valence-corrected chi connectivity index (χ2v) is 6.40. The summed E-state index contributed by atoms with van der Waals surface area (Å²) in [6, 6.07) is 5.38. The first kappa shape index (κ1) is 14.9. The van der Waals surface area contributed by atoms with Gasteiger partial charge in [0.05, 0.1) is 18.4 Å². The van der Waals surface area contributed by atoms with Crippen LogP contribution in [0.5, 0.6) is 0 Å². The number of aromatic nitrogens is 3. The lowest BCUT2D eigenvalue weighted by molar-refractivity contribution is 0.186. The number of thiophene rings is 1. The fourth-order valence-electron chi connectivity index (χ4n) is 2.76. The molecule has 8 heteroatoms. The van der Waals surface area contributed by atoms with Gasteiger partial charge in [-0.15, -0.1) is 11.3 Å². The third-order valence-corrected chi connectivity index (χ3v) is 4.81. The van der Waals surface area contributed by atoms with Crippen LogP contribution in [-0.2, 0) is 11.3 Å². The van der Waals surface area contributed by atoms with Crippen LogP contribution in [0.1, 0.15) is 11.3 Å². The van der Waals surface area contributed by atoms with Crippen molar-refractivity contribution in [1.82, 2.24) is 14.6 Å². The summed E-state index contributed by atoms with van der Waals surface area (Å²) >= 11 is 1.29. The monoisotopic (exact) mass is 342 g/mol. The average molecular weight is 342 g/mol. The van der Waals surface area contributed by atoms with Crippen molar-refractivity contribution in [1.29, 1.82) is 0 Å². The highest BCUT2D eigenvalue weighted by Gasteiger charge is 2.20. The van der Waals surface area contributed by atoms with Gasteiger partial charge in [0, 0.05) is 18.2 Å². The molecule has 4 rings (SSSR count). The minimum absolute atomic E-state index is 0.279. The number of pyridine rings is 1. The standard InChI is InChI=1S/C16H14N4O3S/c1-8-6-9(7-22-2)11-12-13(24-15(11)18-8)16(21)20(17)14(19-12)10-4-3-5-23-10/h3-6H,7,17H2,1-2H3. The van der Waals surface area contributed by atoms with Crippen molar-refractivity contribution in [2.75, 3.05) is 13.0 Å². The number of methoxy groups -OCH3 is 1. The predicted octanol–water partition coefficient (Wildman–Crippen LogP) is 2.43. The van der Waals surface area contributed by atoms with E-state index in [-0.39, 0.29) is 11.4 Å². The second-order valence-electron chi connectivity index (χ2n) is 5.40. The Labute approximate surface area is 140 Å². The molecule has 0 saturated carbocycles. The van der Waals surface area contributed by atoms with Crippen LogP contribution in [0.4, 0.5) is 0 Å². The highest BCUT2D eigenvalue weighted by atomic mass is 32.1. The van der Waals surface area contributed by atoms with Crippen molar-refractivity contribution in [3.63, 3.8) is 0 Å². The minimum Gasteiger partial charge on any atom is -0.461 e. The lowest BCUT2D eigenvalue weighted by Gasteiger charge is -2.06. The van der Waals surface area contributed by atoms with Crippen molar-refractivity contribution in [3.05, 3.63) is 46.1 Å². The van der Waals surface area contributed by atoms with E-state index in [1.807, 2.05) is 13.0 Å². The zero-order chi connectivity index (χ0) is 16.8. The molecule has 0 spiro atoms. The van der Waals surface area contributed by atoms with E-state index in [4.69, 9.17) is 15.0 Å². The molecule has 0 radical (unpaired) electrons. The maximum absolute atomic E-state index is 12.7. The lowest BCUT2D eigenvalue weighted by Crippen LogP contribution is -2.29. The summed E-state index contributed by atoms with van der Waals surface area (Å²) in [5, 5.41) is 0.827. The number of nitrogens with two attached hydrogens (primary N) is 1. The van der Waals surface area contributed by atoms with Gasteiger partial charge in [0.2, 0.25) is 0 Å². The van der Waals surface area contributed by atoms with Gasteiger partial charge >= 0.3 is 0 Å². The average Bonchev–Trinajstić information content (AvgIpc) is 3.18. The number of ether oxygens (including phenoxy) is 1. The van der Waals surface area contributed by atoms with Crippen LogP contribution in [0.3, 0.4) is 0 Å². The molecular formula is C16H14N4O3S. The molecule has 0 aliphatic rings. The summed E-state index contributed by atoms with van der Waals surface area (Å²) < 4.78 is 12.1. The van der Waals surface area contributed by atoms with Crippen LogP contribution in [-0.4, -0.2) is 21.8 Å². The molecule has 0 atom stereocenters. The maximum atomic E-state index is 12.7. The topological polar surface area (TPSA) is 96.2 Å². The van der Waals surface area contributed by atoms with Crippen LogP contribution >= 0.6 is 11.3 Å². The molecule has 0 aliphatic heterocycles. The van der Waals surface area contributed by atoms with Crippen LogP contribution in [0.25, 0.3) is 32.0 Å². The lowest BCUT2D eigenvalue weighted by atomic mass is 10.1. The number of nitrogens with zero attached hydrogens (tertiary/aromatic N) is 3. The third kappa shape index (κ3) is 2.11. The zero-order valence-electron chi connectivity index (χ0n) is 13.1. The molecule has 4 aromatic rings. The van der Waals surface area contributed by atoms with Gasteiger partial charge in [0.15, 0.2) is 11.6 Å². The number of aryl methyl sites for hydroxylation is 1. The molecule has 0 bridgehead atoms. The van der Waals surface area contributed by atoms with Crippen molar-refractivity contribution in [2.45, 2.75) is 13.5 Å². The molecule has 0 fully saturated rings. The SMILES string of the molecule is COCc1cc(C)nc2sc3c(=O)n(N)c(-c4ccco4)nc3c12. The fraction of sp³-hybridized carbons (Fsp3) is 0.188. The van der Waals surface area contributed by atoms with Gasteiger partial charge < -0.3 is 15.0 Å². The van der Waals surface area contributed by atoms with Crippen LogP contribution in [0, 0.1) is 6.92 Å². The van der Waals surface area contributed by atoms with Gasteiger partial charge in [-0.1, -0.05) is 0 Å². The Morgan fingerprint density at radius 3 is 2.96 bits per heavy atom. The van der Waals surface area contributed by atoms with Gasteiger partial charge in [0.25, 0.3) is 5.56 Å². The molecule has 4 aromatic heterocycles. The van der Waals surface area contributed by atoms with Crippen molar-refractivity contribution >= 4 is 31.8 Å². The predicted molar refractivity (Wildman–Crippen MR) is 92.5 cm³/mol. The zero-order valence-corrected chi connectivity index (χ0v) is 13.9. The molecule has 4 heterocycles. The van der Waals surface area contributed by atoms with E-state index in [0.717, 1.165) is 26.2 Å². The molecular weight excluding hydrogens is 328 g/mol. The molecule has 24 heavy (non-hydrogen) atoms. The molecule has 7 nitrogen and oxygen atoms in total. The molecule has 2 N–H and O–H groups in total. The largest absolute Gasteiger partial charge is 0.461 e. The van der Waals surface area contributed by atoms with Crippen LogP contribution < -0.4 is 11.4 Å². The summed E-state index contributed by atoms with van der Waals surface area (Å²) in [6.07, 6.45) is 1.51. The van der Waals surface area contributed by atoms with Crippen LogP contribution in [0.15, 0.2) is 33.7 Å². The first-order valence-electron chi connectivity index (χ1n) is 7.24. The highest BCUT2D eigenvalue weighted by Crippen LogP contribution is 2.33. The molecule has 0 unspecified atom stereocenters. The van der Waals surface area contributed by atoms with E-state index in [9.17, 15) is 4.79 Å². The Morgan fingerprint density at radius 1 is 1.42 bits per heavy atom. The van der Waals surface area contributed by atoms with Crippen molar-refractivity contribution < 1.29 is 9.15 Å². The van der Waals surface area contributed by atoms with Crippen LogP contribution in [0.2, 0.25) is 0 Å². The van der Waals surface area contributed by atoms with Gasteiger partial charge in [-0.25, -0.2) is 14.6 Å². The molecule has 0 amide bonds. The Balaban J connectivity index is 2.16. The highest BCUT2D eigenvalue weighted by molar-refractivity contribution is 7.25. The maximum Gasteiger partial charge on any atom is 0.290 e. The third-order valence-electron chi connectivity index (χ3n) is 3.75. The Kier molecular flexibility index (Phi) is 3.36. The summed E-state index contributed by atoms with van der Waals surface area (Å²) in [5.74, 6) is 6.64. The molecule has 0 aromatic carbocycles. The van der Waals surface area contributed by atoms with E-state index < -0.39 is 0 Å². The number of nitrogen functional groups attached to an aromatic ring is 1. The first-order chi connectivity index (χ1) is 11.6. The number of hydrogen-bond donors (Lipinski definition) is 1. The number of fused-ring (bicyclic) bond motifs is 3. The summed E-state index contributed by atoms with van der Waals surface area (Å²) in [7, 11) is 1.63. The minimum atomic E-state index is -0.324. The second kappa shape index (κ2) is 5.43. The molecule has 0 aliphatic carbocycles. The first-order valence-corrected chi connectivity index (χ1v) is 8.05. The van der Waals surface area contributed by atoms with E-state index in [2.05, 4.69) is 9.97 Å². The quantitative estimate of drug-likeness (QED) is 0.575. The van der Waals surface area contributed by atoms with E-state index in [1.165, 1.54) is 17.6 Å². The fourth-order valence-corrected chi connectivity index (χ4v) is 3.90. The number of rotatable bonds is 3. The van der Waals surface area contributed by atoms with Gasteiger partial charge in [-0.2, -0.15) is 0 Å². The van der Waals surface area contributed by atoms with Gasteiger partial charge in [-0.3, -0.25) is 4.79 Å². The van der Waals surface area contributed by atoms with Gasteiger partial charge in [-0.05, 0) is 30.7 Å². The van der Waals surface area contributed by atoms with E-state index in [1.54, 1.807) is 19.2 Å². The molecule has 0 saturated heterocycles. The van der Waals surface area contributed by atoms with E-state index >= 15 is 0 Å².